The summed E-state index contributed by atoms with van der Waals surface area (Å²) in [5, 5.41) is 13.6. The molecule has 0 radical (unpaired) electrons. The van der Waals surface area contributed by atoms with Crippen LogP contribution in [0.1, 0.15) is 5.56 Å². The molecule has 0 atom stereocenters. The van der Waals surface area contributed by atoms with Gasteiger partial charge in [0.15, 0.2) is 0 Å². The van der Waals surface area contributed by atoms with Crippen molar-refractivity contribution < 1.29 is 13.3 Å². The van der Waals surface area contributed by atoms with E-state index >= 15 is 0 Å². The lowest BCUT2D eigenvalue weighted by atomic mass is 10.2. The van der Waals surface area contributed by atoms with E-state index in [9.17, 15) is 18.5 Å². The van der Waals surface area contributed by atoms with Gasteiger partial charge in [0.1, 0.15) is 0 Å². The third-order valence-electron chi connectivity index (χ3n) is 2.09. The quantitative estimate of drug-likeness (QED) is 0.455. The van der Waals surface area contributed by atoms with Gasteiger partial charge >= 0.3 is 0 Å². The molecule has 0 unspecified atom stereocenters. The minimum absolute atomic E-state index is 0.00794. The van der Waals surface area contributed by atoms with E-state index in [0.717, 1.165) is 11.8 Å². The highest BCUT2D eigenvalue weighted by molar-refractivity contribution is 7.88. The maximum absolute atomic E-state index is 10.8. The van der Waals surface area contributed by atoms with E-state index in [4.69, 9.17) is 0 Å². The molecule has 0 aliphatic heterocycles. The highest BCUT2D eigenvalue weighted by atomic mass is 32.2. The van der Waals surface area contributed by atoms with Crippen LogP contribution in [0.25, 0.3) is 0 Å². The zero-order chi connectivity index (χ0) is 13.8. The molecule has 0 fully saturated rings. The Morgan fingerprint density at radius 3 is 2.50 bits per heavy atom. The van der Waals surface area contributed by atoms with Crippen molar-refractivity contribution >= 4 is 21.4 Å². The summed E-state index contributed by atoms with van der Waals surface area (Å²) in [6.07, 6.45) is 1.07. The average Bonchev–Trinajstić information content (AvgIpc) is 2.22. The molecule has 0 saturated heterocycles. The number of hydrogen-bond donors (Lipinski definition) is 2. The zero-order valence-corrected chi connectivity index (χ0v) is 11.0. The van der Waals surface area contributed by atoms with Crippen LogP contribution in [0, 0.1) is 17.0 Å². The van der Waals surface area contributed by atoms with Gasteiger partial charge in [0.2, 0.25) is 10.0 Å². The lowest BCUT2D eigenvalue weighted by Gasteiger charge is -2.07. The van der Waals surface area contributed by atoms with Crippen LogP contribution in [0.3, 0.4) is 0 Å². The van der Waals surface area contributed by atoms with Crippen LogP contribution in [0.5, 0.6) is 0 Å². The van der Waals surface area contributed by atoms with E-state index in [1.165, 1.54) is 12.1 Å². The minimum atomic E-state index is -3.21. The summed E-state index contributed by atoms with van der Waals surface area (Å²) in [5.74, 6) is 0. The Bertz CT molecular complexity index is 542. The second-order valence-corrected chi connectivity index (χ2v) is 5.74. The van der Waals surface area contributed by atoms with Crippen LogP contribution < -0.4 is 10.0 Å². The molecular formula is C10H15N3O4S. The highest BCUT2D eigenvalue weighted by Crippen LogP contribution is 2.19. The van der Waals surface area contributed by atoms with E-state index in [0.29, 0.717) is 12.2 Å². The maximum atomic E-state index is 10.8. The number of nitro groups is 1. The minimum Gasteiger partial charge on any atom is -0.384 e. The fourth-order valence-electron chi connectivity index (χ4n) is 1.41. The molecule has 0 aliphatic carbocycles. The molecule has 100 valence electrons. The van der Waals surface area contributed by atoms with Gasteiger partial charge in [-0.15, -0.1) is 0 Å². The van der Waals surface area contributed by atoms with Crippen molar-refractivity contribution in [2.24, 2.45) is 0 Å². The topological polar surface area (TPSA) is 101 Å². The van der Waals surface area contributed by atoms with Gasteiger partial charge in [0.25, 0.3) is 5.69 Å². The summed E-state index contributed by atoms with van der Waals surface area (Å²) in [4.78, 5) is 10.2. The molecule has 0 saturated carbocycles. The first-order valence-corrected chi connectivity index (χ1v) is 7.12. The Kier molecular flexibility index (Phi) is 4.62. The van der Waals surface area contributed by atoms with Gasteiger partial charge in [-0.2, -0.15) is 0 Å². The van der Waals surface area contributed by atoms with Gasteiger partial charge < -0.3 is 5.32 Å². The predicted octanol–water partition coefficient (Wildman–Crippen LogP) is 0.864. The van der Waals surface area contributed by atoms with Crippen molar-refractivity contribution in [3.05, 3.63) is 33.9 Å². The van der Waals surface area contributed by atoms with Crippen molar-refractivity contribution in [2.45, 2.75) is 6.92 Å². The van der Waals surface area contributed by atoms with E-state index in [1.807, 2.05) is 0 Å². The molecule has 0 aliphatic rings. The number of aryl methyl sites for hydroxylation is 1. The predicted molar refractivity (Wildman–Crippen MR) is 69.2 cm³/mol. The first-order valence-electron chi connectivity index (χ1n) is 5.22. The Labute approximate surface area is 105 Å². The van der Waals surface area contributed by atoms with Crippen LogP contribution in [0.15, 0.2) is 18.2 Å². The fourth-order valence-corrected chi connectivity index (χ4v) is 1.89. The summed E-state index contributed by atoms with van der Waals surface area (Å²) in [5.41, 5.74) is 1.37. The number of rotatable bonds is 6. The third-order valence-corrected chi connectivity index (χ3v) is 2.82. The van der Waals surface area contributed by atoms with Gasteiger partial charge in [0, 0.05) is 30.9 Å². The average molecular weight is 273 g/mol. The van der Waals surface area contributed by atoms with E-state index in [2.05, 4.69) is 10.0 Å². The van der Waals surface area contributed by atoms with Gasteiger partial charge in [-0.1, -0.05) is 0 Å². The monoisotopic (exact) mass is 273 g/mol. The van der Waals surface area contributed by atoms with E-state index in [1.54, 1.807) is 13.0 Å². The van der Waals surface area contributed by atoms with Crippen molar-refractivity contribution in [3.63, 3.8) is 0 Å². The molecule has 1 rings (SSSR count). The molecule has 0 spiro atoms. The molecule has 8 heteroatoms. The molecule has 0 aromatic heterocycles. The van der Waals surface area contributed by atoms with E-state index in [-0.39, 0.29) is 12.2 Å². The lowest BCUT2D eigenvalue weighted by Crippen LogP contribution is -2.27. The summed E-state index contributed by atoms with van der Waals surface area (Å²) >= 11 is 0. The maximum Gasteiger partial charge on any atom is 0.271 e. The molecular weight excluding hydrogens is 258 g/mol. The summed E-state index contributed by atoms with van der Waals surface area (Å²) in [7, 11) is -3.21. The summed E-state index contributed by atoms with van der Waals surface area (Å²) < 4.78 is 23.9. The normalized spacial score (nSPS) is 11.2. The Hall–Kier alpha value is -1.67. The smallest absolute Gasteiger partial charge is 0.271 e. The number of anilines is 1. The lowest BCUT2D eigenvalue weighted by molar-refractivity contribution is -0.384. The fraction of sp³-hybridized carbons (Fsp3) is 0.400. The van der Waals surface area contributed by atoms with Crippen molar-refractivity contribution in [1.82, 2.24) is 4.72 Å². The summed E-state index contributed by atoms with van der Waals surface area (Å²) in [6, 6.07) is 4.64. The Morgan fingerprint density at radius 2 is 1.94 bits per heavy atom. The number of nitrogens with one attached hydrogen (secondary N) is 2. The van der Waals surface area contributed by atoms with Crippen molar-refractivity contribution in [1.29, 1.82) is 0 Å². The number of non-ortho nitro benzene ring substituents is 1. The molecule has 1 aromatic carbocycles. The molecule has 0 bridgehead atoms. The first-order chi connectivity index (χ1) is 8.28. The van der Waals surface area contributed by atoms with Crippen LogP contribution >= 0.6 is 0 Å². The van der Waals surface area contributed by atoms with Crippen LogP contribution in [-0.4, -0.2) is 32.7 Å². The van der Waals surface area contributed by atoms with Crippen LogP contribution in [0.2, 0.25) is 0 Å². The molecule has 18 heavy (non-hydrogen) atoms. The Morgan fingerprint density at radius 1 is 1.28 bits per heavy atom. The van der Waals surface area contributed by atoms with Gasteiger partial charge in [-0.3, -0.25) is 10.1 Å². The van der Waals surface area contributed by atoms with Crippen molar-refractivity contribution in [2.75, 3.05) is 24.7 Å². The third kappa shape index (κ3) is 5.11. The second kappa shape index (κ2) is 5.78. The molecule has 0 heterocycles. The second-order valence-electron chi connectivity index (χ2n) is 3.91. The Balaban J connectivity index is 2.60. The number of hydrogen-bond acceptors (Lipinski definition) is 5. The molecule has 2 N–H and O–H groups in total. The zero-order valence-electron chi connectivity index (χ0n) is 10.1. The molecule has 1 aromatic rings. The number of nitrogens with zero attached hydrogens (tertiary/aromatic N) is 1. The van der Waals surface area contributed by atoms with Gasteiger partial charge in [-0.25, -0.2) is 13.1 Å². The van der Waals surface area contributed by atoms with Crippen LogP contribution in [-0.2, 0) is 10.0 Å². The number of benzene rings is 1. The number of nitro benzene ring substituents is 1. The van der Waals surface area contributed by atoms with Crippen molar-refractivity contribution in [3.8, 4) is 0 Å². The largest absolute Gasteiger partial charge is 0.384 e. The van der Waals surface area contributed by atoms with Gasteiger partial charge in [-0.05, 0) is 18.6 Å². The first kappa shape index (κ1) is 14.4. The molecule has 0 amide bonds. The van der Waals surface area contributed by atoms with Crippen LogP contribution in [0.4, 0.5) is 11.4 Å². The van der Waals surface area contributed by atoms with E-state index < -0.39 is 14.9 Å². The highest BCUT2D eigenvalue weighted by Gasteiger charge is 2.07. The summed E-state index contributed by atoms with van der Waals surface area (Å²) in [6.45, 7) is 2.33. The SMILES string of the molecule is Cc1cc(NCCNS(C)(=O)=O)cc([N+](=O)[O-])c1. The van der Waals surface area contributed by atoms with Gasteiger partial charge in [0.05, 0.1) is 11.2 Å². The number of sulfonamides is 1. The molecule has 7 nitrogen and oxygen atoms in total. The standard InChI is InChI=1S/C10H15N3O4S/c1-8-5-9(7-10(6-8)13(14)15)11-3-4-12-18(2,16)17/h5-7,11-12H,3-4H2,1-2H3.